The zero-order valence-corrected chi connectivity index (χ0v) is 54.4. The number of benzene rings is 7. The summed E-state index contributed by atoms with van der Waals surface area (Å²) in [7, 11) is 7.66. The van der Waals surface area contributed by atoms with Crippen molar-refractivity contribution in [3.05, 3.63) is 297 Å². The number of hydrogen-bond donors (Lipinski definition) is 3. The summed E-state index contributed by atoms with van der Waals surface area (Å²) < 4.78 is 0. The van der Waals surface area contributed by atoms with Gasteiger partial charge in [0.1, 0.15) is 12.1 Å². The first-order chi connectivity index (χ1) is 44.8. The van der Waals surface area contributed by atoms with E-state index in [1.165, 1.54) is 6.08 Å². The summed E-state index contributed by atoms with van der Waals surface area (Å²) in [4.78, 5) is 89.2. The normalized spacial score (nSPS) is 16.6. The molecule has 496 valence electrons. The maximum atomic E-state index is 13.1. The Kier molecular flexibility index (Phi) is 37.3. The lowest BCUT2D eigenvalue weighted by molar-refractivity contribution is -0.131. The molecule has 0 radical (unpaired) electrons. The van der Waals surface area contributed by atoms with Gasteiger partial charge in [-0.1, -0.05) is 234 Å². The third-order valence-corrected chi connectivity index (χ3v) is 14.4. The lowest BCUT2D eigenvalue weighted by Crippen LogP contribution is -2.42. The van der Waals surface area contributed by atoms with Gasteiger partial charge in [0.05, 0.1) is 13.1 Å². The van der Waals surface area contributed by atoms with Gasteiger partial charge in [-0.05, 0) is 104 Å². The second-order valence-electron chi connectivity index (χ2n) is 22.1. The number of rotatable bonds is 11. The number of Topliss-reactive ketones (excluding diaryl/α,β-unsaturated/α-hetero) is 4. The summed E-state index contributed by atoms with van der Waals surface area (Å²) in [6.45, 7) is 8.58. The van der Waals surface area contributed by atoms with Gasteiger partial charge < -0.3 is 30.7 Å². The fourth-order valence-electron chi connectivity index (χ4n) is 9.69. The second-order valence-corrected chi connectivity index (χ2v) is 22.1. The highest BCUT2D eigenvalue weighted by Gasteiger charge is 2.30. The molecule has 4 heterocycles. The molecule has 0 aromatic heterocycles. The van der Waals surface area contributed by atoms with E-state index in [0.29, 0.717) is 80.3 Å². The van der Waals surface area contributed by atoms with E-state index in [9.17, 15) is 33.6 Å². The summed E-state index contributed by atoms with van der Waals surface area (Å²) in [6.07, 6.45) is 15.5. The highest BCUT2D eigenvalue weighted by molar-refractivity contribution is 6.17. The van der Waals surface area contributed by atoms with E-state index in [2.05, 4.69) is 22.5 Å². The topological polar surface area (TPSA) is 165 Å². The van der Waals surface area contributed by atoms with Crippen LogP contribution >= 0.6 is 12.4 Å². The van der Waals surface area contributed by atoms with Crippen molar-refractivity contribution in [3.63, 3.8) is 0 Å². The van der Waals surface area contributed by atoms with E-state index in [1.54, 1.807) is 21.9 Å². The third kappa shape index (κ3) is 28.5. The number of carbonyl (C=O) groups is 7. The number of amides is 2. The molecule has 13 nitrogen and oxygen atoms in total. The van der Waals surface area contributed by atoms with E-state index in [-0.39, 0.29) is 56.4 Å². The second kappa shape index (κ2) is 44.6. The van der Waals surface area contributed by atoms with Crippen LogP contribution in [0.5, 0.6) is 0 Å². The van der Waals surface area contributed by atoms with Crippen LogP contribution in [0.2, 0.25) is 0 Å². The molecule has 7 aromatic carbocycles. The van der Waals surface area contributed by atoms with Crippen LogP contribution in [0, 0.1) is 0 Å². The van der Waals surface area contributed by atoms with Crippen molar-refractivity contribution in [2.45, 2.75) is 34.1 Å². The molecule has 0 bridgehead atoms. The monoisotopic (exact) mass is 1300 g/mol. The summed E-state index contributed by atoms with van der Waals surface area (Å²) in [6, 6.07) is 67.9. The molecular weight excluding hydrogens is 1200 g/mol. The van der Waals surface area contributed by atoms with E-state index >= 15 is 0 Å². The van der Waals surface area contributed by atoms with Crippen molar-refractivity contribution < 1.29 is 33.6 Å². The molecule has 0 unspecified atom stereocenters. The molecular formula is C81H93ClN6O7. The van der Waals surface area contributed by atoms with Crippen LogP contribution in [-0.4, -0.2) is 143 Å². The molecule has 4 fully saturated rings. The van der Waals surface area contributed by atoms with Crippen LogP contribution in [0.3, 0.4) is 0 Å². The minimum Gasteiger partial charge on any atom is -0.334 e. The molecule has 4 aliphatic rings. The molecule has 95 heavy (non-hydrogen) atoms. The zero-order valence-electron chi connectivity index (χ0n) is 53.6. The molecule has 0 spiro atoms. The van der Waals surface area contributed by atoms with Crippen molar-refractivity contribution >= 4 is 90.1 Å². The van der Waals surface area contributed by atoms with E-state index < -0.39 is 0 Å². The van der Waals surface area contributed by atoms with Gasteiger partial charge in [-0.15, -0.1) is 12.4 Å². The SMILES string of the molecule is C.C.C=CC(=O)N1C/C(=C\c2ccccc2)C(=O)/C(=C/c2ccccc2)C1.CN(C)CCC(=O)N1C/C(=C\c2ccccc2)C(=O)/C(=C/c2ccccc2)C1.CNC.Cl.O=C1/C(=C/c2ccccc2)CNC/C1=C\c1ccccc1.O=C1CCNCC1.O=Cc1ccccc1. The van der Waals surface area contributed by atoms with Gasteiger partial charge in [-0.2, -0.15) is 0 Å². The molecule has 4 aliphatic heterocycles. The average Bonchev–Trinajstić information content (AvgIpc) is 0.836. The molecule has 4 saturated heterocycles. The number of nitrogens with zero attached hydrogens (tertiary/aromatic N) is 3. The number of nitrogens with one attached hydrogen (secondary N) is 3. The first-order valence-electron chi connectivity index (χ1n) is 30.8. The van der Waals surface area contributed by atoms with E-state index in [0.717, 1.165) is 82.3 Å². The van der Waals surface area contributed by atoms with Crippen LogP contribution in [-0.2, 0) is 28.8 Å². The highest BCUT2D eigenvalue weighted by atomic mass is 35.5. The van der Waals surface area contributed by atoms with Crippen molar-refractivity contribution in [1.82, 2.24) is 30.7 Å². The largest absolute Gasteiger partial charge is 0.334 e. The summed E-state index contributed by atoms with van der Waals surface area (Å²) in [5, 5.41) is 9.14. The maximum absolute atomic E-state index is 13.1. The maximum Gasteiger partial charge on any atom is 0.246 e. The van der Waals surface area contributed by atoms with E-state index in [4.69, 9.17) is 0 Å². The highest BCUT2D eigenvalue weighted by Crippen LogP contribution is 2.25. The van der Waals surface area contributed by atoms with Crippen molar-refractivity contribution in [2.75, 3.05) is 87.1 Å². The number of aldehydes is 1. The van der Waals surface area contributed by atoms with Gasteiger partial charge >= 0.3 is 0 Å². The Labute approximate surface area is 569 Å². The van der Waals surface area contributed by atoms with Gasteiger partial charge in [-0.25, -0.2) is 0 Å². The lowest BCUT2D eigenvalue weighted by atomic mass is 9.94. The first-order valence-corrected chi connectivity index (χ1v) is 30.8. The Hall–Kier alpha value is -9.86. The van der Waals surface area contributed by atoms with Gasteiger partial charge in [-0.3, -0.25) is 33.6 Å². The quantitative estimate of drug-likeness (QED) is 0.0834. The minimum atomic E-state index is -0.176. The van der Waals surface area contributed by atoms with Crippen LogP contribution in [0.15, 0.2) is 258 Å². The Morgan fingerprint density at radius 2 is 0.705 bits per heavy atom. The fraction of sp³-hybridized carbons (Fsp3) is 0.222. The Bertz CT molecular complexity index is 3510. The number of likely N-dealkylation sites (tertiary alicyclic amines) is 2. The van der Waals surface area contributed by atoms with Gasteiger partial charge in [0, 0.05) is 104 Å². The first kappa shape index (κ1) is 79.4. The molecule has 14 heteroatoms. The molecule has 0 atom stereocenters. The van der Waals surface area contributed by atoms with Crippen LogP contribution in [0.1, 0.15) is 77.9 Å². The fourth-order valence-corrected chi connectivity index (χ4v) is 9.69. The predicted molar refractivity (Wildman–Crippen MR) is 396 cm³/mol. The number of halogens is 1. The van der Waals surface area contributed by atoms with Crippen molar-refractivity contribution in [1.29, 1.82) is 0 Å². The number of hydrogen-bond acceptors (Lipinski definition) is 11. The summed E-state index contributed by atoms with van der Waals surface area (Å²) in [5.41, 5.74) is 10.8. The van der Waals surface area contributed by atoms with Crippen LogP contribution in [0.4, 0.5) is 0 Å². The molecule has 11 rings (SSSR count). The predicted octanol–water partition coefficient (Wildman–Crippen LogP) is 13.6. The minimum absolute atomic E-state index is 0. The number of carbonyl (C=O) groups excluding carboxylic acids is 7. The van der Waals surface area contributed by atoms with Gasteiger partial charge in [0.25, 0.3) is 0 Å². The molecule has 7 aromatic rings. The lowest BCUT2D eigenvalue weighted by Gasteiger charge is -2.30. The van der Waals surface area contributed by atoms with E-state index in [1.807, 2.05) is 270 Å². The molecule has 2 amide bonds. The van der Waals surface area contributed by atoms with Gasteiger partial charge in [0.2, 0.25) is 11.8 Å². The number of piperidine rings is 4. The number of ketones is 4. The average molecular weight is 1300 g/mol. The summed E-state index contributed by atoms with van der Waals surface area (Å²) >= 11 is 0. The van der Waals surface area contributed by atoms with Crippen LogP contribution < -0.4 is 16.0 Å². The molecule has 0 aliphatic carbocycles. The molecule has 3 N–H and O–H groups in total. The third-order valence-electron chi connectivity index (χ3n) is 14.4. The van der Waals surface area contributed by atoms with Gasteiger partial charge in [0.15, 0.2) is 17.3 Å². The standard InChI is InChI=1S/C24H26N2O2.C22H19NO2.C19H17NO.C7H6O.C5H9NO.C2H7N.2CH4.ClH/c1-25(2)14-13-23(27)26-17-21(15-19-9-5-3-6-10-19)24(28)22(18-26)16-20-11-7-4-8-12-20;1-2-21(24)23-15-19(13-17-9-5-3-6-10-17)22(25)20(16-23)14-18-11-7-4-8-12-18;21-19-17(11-15-7-3-1-4-8-15)13-20-14-18(19)12-16-9-5-2-6-10-16;8-6-7-4-2-1-3-5-7;7-5-1-3-6-4-2-5;1-3-2;;;/h3-12,15-16H,13-14,17-18H2,1-2H3;2-14H,1,15-16H2;1-12,20H,13-14H2;1-6H;6H,1-4H2;3H,1-2H3;2*1H4;1H/b21-15+,22-16+;19-13+,20-14+;17-11+,18-12+;;;;;;. The summed E-state index contributed by atoms with van der Waals surface area (Å²) in [5.74, 6) is 0.440. The van der Waals surface area contributed by atoms with Crippen molar-refractivity contribution in [3.8, 4) is 0 Å². The smallest absolute Gasteiger partial charge is 0.246 e. The van der Waals surface area contributed by atoms with Crippen molar-refractivity contribution in [2.24, 2.45) is 0 Å². The molecule has 0 saturated carbocycles. The Morgan fingerprint density at radius 3 is 0.947 bits per heavy atom. The zero-order chi connectivity index (χ0) is 65.7. The van der Waals surface area contributed by atoms with Crippen LogP contribution in [0.25, 0.3) is 36.5 Å². The Morgan fingerprint density at radius 1 is 0.442 bits per heavy atom. The Balaban J connectivity index is 0.000000324.